The minimum atomic E-state index is -1.53. The minimum absolute atomic E-state index is 0.0426. The second-order valence-corrected chi connectivity index (χ2v) is 7.71. The Bertz CT molecular complexity index is 1100. The number of hydrogen-bond donors (Lipinski definition) is 1. The summed E-state index contributed by atoms with van der Waals surface area (Å²) >= 11 is 0. The first-order valence-electron chi connectivity index (χ1n) is 8.59. The zero-order valence-electron chi connectivity index (χ0n) is 15.2. The highest BCUT2D eigenvalue weighted by Crippen LogP contribution is 2.34. The predicted molar refractivity (Wildman–Crippen MR) is 102 cm³/mol. The molecule has 4 rings (SSSR count). The maximum absolute atomic E-state index is 14.4. The lowest BCUT2D eigenvalue weighted by atomic mass is 10.2. The monoisotopic (exact) mass is 416 g/mol. The fourth-order valence-electron chi connectivity index (χ4n) is 2.79. The van der Waals surface area contributed by atoms with E-state index in [9.17, 15) is 13.8 Å². The van der Waals surface area contributed by atoms with E-state index in [1.54, 1.807) is 30.3 Å². The molecule has 2 aromatic heterocycles. The van der Waals surface area contributed by atoms with Crippen molar-refractivity contribution in [1.82, 2.24) is 19.5 Å². The zero-order valence-corrected chi connectivity index (χ0v) is 16.1. The average Bonchev–Trinajstić information content (AvgIpc) is 3.30. The summed E-state index contributed by atoms with van der Waals surface area (Å²) in [5, 5.41) is 2.69. The number of carbonyl (C=O) groups is 1. The van der Waals surface area contributed by atoms with Crippen molar-refractivity contribution in [3.63, 3.8) is 0 Å². The van der Waals surface area contributed by atoms with Gasteiger partial charge in [-0.3, -0.25) is 9.36 Å². The van der Waals surface area contributed by atoms with E-state index in [0.717, 1.165) is 6.08 Å². The van der Waals surface area contributed by atoms with Gasteiger partial charge < -0.3 is 14.8 Å². The summed E-state index contributed by atoms with van der Waals surface area (Å²) in [5.74, 6) is -0.750. The number of fused-ring (bicyclic) bond motifs is 1. The number of nitrogens with one attached hydrogen (secondary N) is 1. The highest BCUT2D eigenvalue weighted by molar-refractivity contribution is 7.43. The van der Waals surface area contributed by atoms with Crippen molar-refractivity contribution in [2.24, 2.45) is 0 Å². The number of rotatable bonds is 6. The standard InChI is InChI=1S/C18H15FN5O4P/c1-29(26)10-27-13-7-12(19)18(28-13)24-9-22-14-15(20-8-21-16(14)24)23-17(25)11-5-3-2-4-6-11/h2-9,13,18H,10H2,1H3/p+1/t13-,18+/m0/s1. The van der Waals surface area contributed by atoms with Gasteiger partial charge in [-0.05, 0) is 12.1 Å². The third-order valence-electron chi connectivity index (χ3n) is 4.09. The Morgan fingerprint density at radius 3 is 2.86 bits per heavy atom. The van der Waals surface area contributed by atoms with Crippen molar-refractivity contribution in [2.75, 3.05) is 18.3 Å². The first-order chi connectivity index (χ1) is 14.0. The van der Waals surface area contributed by atoms with E-state index in [-0.39, 0.29) is 29.2 Å². The van der Waals surface area contributed by atoms with E-state index in [0.29, 0.717) is 5.56 Å². The van der Waals surface area contributed by atoms with Crippen molar-refractivity contribution >= 4 is 30.7 Å². The molecule has 0 aliphatic carbocycles. The largest absolute Gasteiger partial charge is 0.363 e. The maximum Gasteiger partial charge on any atom is 0.363 e. The topological polar surface area (TPSA) is 108 Å². The second kappa shape index (κ2) is 8.12. The van der Waals surface area contributed by atoms with Gasteiger partial charge in [-0.1, -0.05) is 22.8 Å². The molecule has 0 saturated carbocycles. The van der Waals surface area contributed by atoms with Crippen molar-refractivity contribution in [3.05, 3.63) is 60.5 Å². The predicted octanol–water partition coefficient (Wildman–Crippen LogP) is 3.22. The summed E-state index contributed by atoms with van der Waals surface area (Å²) in [6.45, 7) is 1.51. The number of nitrogens with zero attached hydrogens (tertiary/aromatic N) is 4. The molecule has 0 fully saturated rings. The Balaban J connectivity index is 1.57. The lowest BCUT2D eigenvalue weighted by Crippen LogP contribution is -2.16. The van der Waals surface area contributed by atoms with Crippen LogP contribution in [0.15, 0.2) is 54.9 Å². The summed E-state index contributed by atoms with van der Waals surface area (Å²) in [4.78, 5) is 24.8. The molecule has 1 unspecified atom stereocenters. The maximum atomic E-state index is 14.4. The third-order valence-corrected chi connectivity index (χ3v) is 4.61. The van der Waals surface area contributed by atoms with Crippen LogP contribution in [0.4, 0.5) is 10.2 Å². The van der Waals surface area contributed by atoms with E-state index in [1.165, 1.54) is 23.9 Å². The van der Waals surface area contributed by atoms with Gasteiger partial charge in [0.25, 0.3) is 5.91 Å². The number of ether oxygens (including phenoxy) is 2. The summed E-state index contributed by atoms with van der Waals surface area (Å²) in [6, 6.07) is 8.64. The molecule has 1 aliphatic rings. The van der Waals surface area contributed by atoms with Gasteiger partial charge in [0.15, 0.2) is 35.3 Å². The lowest BCUT2D eigenvalue weighted by Gasteiger charge is -2.14. The average molecular weight is 416 g/mol. The van der Waals surface area contributed by atoms with E-state index in [1.807, 2.05) is 0 Å². The van der Waals surface area contributed by atoms with Crippen molar-refractivity contribution in [3.8, 4) is 0 Å². The fraction of sp³-hybridized carbons (Fsp3) is 0.222. The number of aromatic nitrogens is 4. The van der Waals surface area contributed by atoms with E-state index in [4.69, 9.17) is 9.47 Å². The molecule has 0 saturated heterocycles. The molecule has 9 nitrogen and oxygen atoms in total. The van der Waals surface area contributed by atoms with Crippen LogP contribution in [0.5, 0.6) is 0 Å². The summed E-state index contributed by atoms with van der Waals surface area (Å²) in [7, 11) is -1.53. The van der Waals surface area contributed by atoms with Crippen LogP contribution in [0, 0.1) is 0 Å². The molecule has 1 N–H and O–H groups in total. The zero-order chi connectivity index (χ0) is 20.4. The number of imidazole rings is 1. The SMILES string of the molecule is C[P+](=O)CO[C@@H]1C=C(F)[C@H](n2cnc3c(NC(=O)c4ccccc4)ncnc32)O1. The molecule has 3 atom stereocenters. The number of carbonyl (C=O) groups excluding carboxylic acids is 1. The second-order valence-electron chi connectivity index (χ2n) is 6.20. The van der Waals surface area contributed by atoms with Crippen molar-refractivity contribution in [1.29, 1.82) is 0 Å². The van der Waals surface area contributed by atoms with Crippen LogP contribution in [0.2, 0.25) is 0 Å². The normalized spacial score (nSPS) is 19.2. The van der Waals surface area contributed by atoms with E-state index >= 15 is 0 Å². The van der Waals surface area contributed by atoms with Gasteiger partial charge >= 0.3 is 7.80 Å². The molecule has 3 aromatic rings. The number of halogens is 1. The summed E-state index contributed by atoms with van der Waals surface area (Å²) in [6.07, 6.45) is 1.61. The highest BCUT2D eigenvalue weighted by Gasteiger charge is 2.32. The number of hydrogen-bond acceptors (Lipinski definition) is 7. The van der Waals surface area contributed by atoms with Crippen LogP contribution in [-0.2, 0) is 14.0 Å². The Morgan fingerprint density at radius 2 is 2.10 bits per heavy atom. The molecule has 0 spiro atoms. The van der Waals surface area contributed by atoms with Crippen molar-refractivity contribution in [2.45, 2.75) is 12.5 Å². The van der Waals surface area contributed by atoms with Gasteiger partial charge in [0.1, 0.15) is 13.0 Å². The Labute approximate surface area is 165 Å². The van der Waals surface area contributed by atoms with E-state index in [2.05, 4.69) is 20.3 Å². The van der Waals surface area contributed by atoms with Crippen LogP contribution in [0.3, 0.4) is 0 Å². The van der Waals surface area contributed by atoms with Crippen LogP contribution >= 0.6 is 7.80 Å². The van der Waals surface area contributed by atoms with Crippen molar-refractivity contribution < 1.29 is 23.2 Å². The first kappa shape index (κ1) is 19.3. The molecule has 3 heterocycles. The van der Waals surface area contributed by atoms with Crippen LogP contribution in [0.1, 0.15) is 16.6 Å². The van der Waals surface area contributed by atoms with E-state index < -0.39 is 26.1 Å². The van der Waals surface area contributed by atoms with Crippen LogP contribution in [0.25, 0.3) is 11.2 Å². The molecule has 1 aromatic carbocycles. The summed E-state index contributed by atoms with van der Waals surface area (Å²) < 4.78 is 37.7. The summed E-state index contributed by atoms with van der Waals surface area (Å²) in [5.41, 5.74) is 1.02. The van der Waals surface area contributed by atoms with Gasteiger partial charge in [0.2, 0.25) is 6.35 Å². The Hall–Kier alpha value is -3.07. The van der Waals surface area contributed by atoms with Crippen LogP contribution in [-0.4, -0.2) is 44.7 Å². The Morgan fingerprint density at radius 1 is 1.31 bits per heavy atom. The van der Waals surface area contributed by atoms with Crippen LogP contribution < -0.4 is 5.32 Å². The van der Waals surface area contributed by atoms with Gasteiger partial charge in [-0.15, -0.1) is 0 Å². The van der Waals surface area contributed by atoms with Gasteiger partial charge in [0, 0.05) is 11.6 Å². The van der Waals surface area contributed by atoms with Gasteiger partial charge in [-0.25, -0.2) is 19.3 Å². The number of amides is 1. The molecule has 0 bridgehead atoms. The molecule has 0 radical (unpaired) electrons. The number of anilines is 1. The first-order valence-corrected chi connectivity index (χ1v) is 10.5. The van der Waals surface area contributed by atoms with Gasteiger partial charge in [-0.2, -0.15) is 0 Å². The molecule has 11 heteroatoms. The molecule has 1 amide bonds. The highest BCUT2D eigenvalue weighted by atomic mass is 31.1. The smallest absolute Gasteiger partial charge is 0.318 e. The number of benzene rings is 1. The Kier molecular flexibility index (Phi) is 5.39. The molecule has 1 aliphatic heterocycles. The molecular weight excluding hydrogens is 400 g/mol. The minimum Gasteiger partial charge on any atom is -0.318 e. The lowest BCUT2D eigenvalue weighted by molar-refractivity contribution is -0.127. The van der Waals surface area contributed by atoms with Gasteiger partial charge in [0.05, 0.1) is 6.33 Å². The third kappa shape index (κ3) is 4.04. The quantitative estimate of drug-likeness (QED) is 0.615. The fourth-order valence-corrected chi connectivity index (χ4v) is 3.15. The molecule has 29 heavy (non-hydrogen) atoms. The molecular formula is C18H16FN5O4P+. The molecule has 148 valence electrons.